The van der Waals surface area contributed by atoms with Gasteiger partial charge in [-0.15, -0.1) is 0 Å². The van der Waals surface area contributed by atoms with Gasteiger partial charge in [-0.3, -0.25) is 4.79 Å². The van der Waals surface area contributed by atoms with E-state index in [1.54, 1.807) is 14.2 Å². The van der Waals surface area contributed by atoms with Crippen LogP contribution in [0.25, 0.3) is 0 Å². The summed E-state index contributed by atoms with van der Waals surface area (Å²) in [6.45, 7) is 2.18. The zero-order valence-corrected chi connectivity index (χ0v) is 15.2. The summed E-state index contributed by atoms with van der Waals surface area (Å²) in [5.74, 6) is 1.57. The van der Waals surface area contributed by atoms with E-state index in [1.807, 2.05) is 11.0 Å². The fourth-order valence-corrected chi connectivity index (χ4v) is 3.85. The molecule has 1 aromatic carbocycles. The van der Waals surface area contributed by atoms with Crippen LogP contribution in [-0.4, -0.2) is 50.7 Å². The van der Waals surface area contributed by atoms with Crippen LogP contribution in [0.4, 0.5) is 0 Å². The van der Waals surface area contributed by atoms with Gasteiger partial charge in [0.05, 0.1) is 20.3 Å². The molecule has 2 aliphatic rings. The fraction of sp³-hybridized carbons (Fsp3) is 0.632. The number of aryl methyl sites for hydroxylation is 1. The molecule has 2 atom stereocenters. The van der Waals surface area contributed by atoms with Gasteiger partial charge in [-0.25, -0.2) is 0 Å². The molecule has 1 amide bonds. The Morgan fingerprint density at radius 1 is 1.24 bits per heavy atom. The summed E-state index contributed by atoms with van der Waals surface area (Å²) in [5.41, 5.74) is 8.64. The molecule has 6 heteroatoms. The van der Waals surface area contributed by atoms with E-state index in [0.29, 0.717) is 6.54 Å². The first kappa shape index (κ1) is 18.0. The summed E-state index contributed by atoms with van der Waals surface area (Å²) in [5, 5.41) is 3.48. The number of nitrogens with one attached hydrogen (secondary N) is 1. The van der Waals surface area contributed by atoms with Crippen molar-refractivity contribution in [3.63, 3.8) is 0 Å². The molecule has 1 aromatic rings. The van der Waals surface area contributed by atoms with E-state index < -0.39 is 6.04 Å². The third kappa shape index (κ3) is 3.90. The molecule has 1 heterocycles. The number of hydrogen-bond acceptors (Lipinski definition) is 5. The first-order chi connectivity index (χ1) is 12.1. The lowest BCUT2D eigenvalue weighted by atomic mass is 10.1. The Morgan fingerprint density at radius 3 is 2.60 bits per heavy atom. The molecule has 0 aromatic heterocycles. The highest BCUT2D eigenvalue weighted by Gasteiger charge is 2.27. The highest BCUT2D eigenvalue weighted by molar-refractivity contribution is 5.82. The molecule has 2 unspecified atom stereocenters. The van der Waals surface area contributed by atoms with Crippen LogP contribution >= 0.6 is 0 Å². The fourth-order valence-electron chi connectivity index (χ4n) is 3.85. The maximum absolute atomic E-state index is 12.5. The zero-order chi connectivity index (χ0) is 17.8. The topological polar surface area (TPSA) is 76.8 Å². The number of fused-ring (bicyclic) bond motifs is 1. The maximum Gasteiger partial charge on any atom is 0.240 e. The smallest absolute Gasteiger partial charge is 0.240 e. The molecule has 3 rings (SSSR count). The summed E-state index contributed by atoms with van der Waals surface area (Å²) in [6, 6.07) is 3.81. The number of carbonyl (C=O) groups is 1. The quantitative estimate of drug-likeness (QED) is 0.818. The van der Waals surface area contributed by atoms with Gasteiger partial charge in [-0.05, 0) is 55.4 Å². The van der Waals surface area contributed by atoms with E-state index in [1.165, 1.54) is 17.5 Å². The Kier molecular flexibility index (Phi) is 5.81. The van der Waals surface area contributed by atoms with Crippen LogP contribution in [0.2, 0.25) is 0 Å². The van der Waals surface area contributed by atoms with Gasteiger partial charge >= 0.3 is 0 Å². The molecule has 1 aliphatic carbocycles. The van der Waals surface area contributed by atoms with Crippen molar-refractivity contribution in [2.45, 2.75) is 44.2 Å². The summed E-state index contributed by atoms with van der Waals surface area (Å²) in [4.78, 5) is 14.4. The van der Waals surface area contributed by atoms with Gasteiger partial charge < -0.3 is 25.4 Å². The van der Waals surface area contributed by atoms with Crippen LogP contribution < -0.4 is 20.5 Å². The highest BCUT2D eigenvalue weighted by atomic mass is 16.5. The van der Waals surface area contributed by atoms with E-state index in [0.717, 1.165) is 50.3 Å². The molecule has 1 aliphatic heterocycles. The van der Waals surface area contributed by atoms with Crippen LogP contribution in [0.3, 0.4) is 0 Å². The SMILES string of the molecule is COc1cc2c(cc1OC)C(NCC(N)C(=O)N1CCCCC1)CC2. The first-order valence-corrected chi connectivity index (χ1v) is 9.16. The minimum absolute atomic E-state index is 0.0673. The molecule has 0 saturated carbocycles. The van der Waals surface area contributed by atoms with Crippen LogP contribution in [0.15, 0.2) is 12.1 Å². The van der Waals surface area contributed by atoms with Crippen molar-refractivity contribution in [1.82, 2.24) is 10.2 Å². The summed E-state index contributed by atoms with van der Waals surface area (Å²) in [6.07, 6.45) is 5.37. The number of piperidine rings is 1. The molecule has 0 radical (unpaired) electrons. The van der Waals surface area contributed by atoms with Crippen molar-refractivity contribution in [2.24, 2.45) is 5.73 Å². The Hall–Kier alpha value is -1.79. The van der Waals surface area contributed by atoms with Crippen LogP contribution in [0.1, 0.15) is 42.9 Å². The van der Waals surface area contributed by atoms with Crippen molar-refractivity contribution < 1.29 is 14.3 Å². The van der Waals surface area contributed by atoms with E-state index in [9.17, 15) is 4.79 Å². The largest absolute Gasteiger partial charge is 0.493 e. The van der Waals surface area contributed by atoms with Crippen LogP contribution in [0, 0.1) is 0 Å². The number of rotatable bonds is 6. The third-order valence-corrected chi connectivity index (χ3v) is 5.29. The average molecular weight is 347 g/mol. The lowest BCUT2D eigenvalue weighted by Gasteiger charge is -2.29. The molecule has 138 valence electrons. The maximum atomic E-state index is 12.5. The van der Waals surface area contributed by atoms with Gasteiger partial charge in [0.1, 0.15) is 0 Å². The van der Waals surface area contributed by atoms with Crippen molar-refractivity contribution in [2.75, 3.05) is 33.9 Å². The Morgan fingerprint density at radius 2 is 1.92 bits per heavy atom. The molecule has 6 nitrogen and oxygen atoms in total. The predicted molar refractivity (Wildman–Crippen MR) is 97.0 cm³/mol. The number of carbonyl (C=O) groups excluding carboxylic acids is 1. The number of nitrogens with two attached hydrogens (primary N) is 1. The third-order valence-electron chi connectivity index (χ3n) is 5.29. The molecule has 25 heavy (non-hydrogen) atoms. The summed E-state index contributed by atoms with van der Waals surface area (Å²) >= 11 is 0. The number of amides is 1. The normalized spacial score (nSPS) is 20.9. The van der Waals surface area contributed by atoms with E-state index in [4.69, 9.17) is 15.2 Å². The molecule has 0 spiro atoms. The molecule has 1 saturated heterocycles. The molecular weight excluding hydrogens is 318 g/mol. The number of ether oxygens (including phenoxy) is 2. The minimum atomic E-state index is -0.484. The highest BCUT2D eigenvalue weighted by Crippen LogP contribution is 2.39. The molecule has 1 fully saturated rings. The van der Waals surface area contributed by atoms with Crippen LogP contribution in [0.5, 0.6) is 11.5 Å². The predicted octanol–water partition coefficient (Wildman–Crippen LogP) is 1.62. The monoisotopic (exact) mass is 347 g/mol. The minimum Gasteiger partial charge on any atom is -0.493 e. The summed E-state index contributed by atoms with van der Waals surface area (Å²) in [7, 11) is 3.30. The van der Waals surface area contributed by atoms with Crippen LogP contribution in [-0.2, 0) is 11.2 Å². The first-order valence-electron chi connectivity index (χ1n) is 9.16. The molecule has 0 bridgehead atoms. The number of benzene rings is 1. The molecular formula is C19H29N3O3. The number of methoxy groups -OCH3 is 2. The second-order valence-electron chi connectivity index (χ2n) is 6.90. The Balaban J connectivity index is 1.61. The van der Waals surface area contributed by atoms with Gasteiger partial charge in [0, 0.05) is 25.7 Å². The second-order valence-corrected chi connectivity index (χ2v) is 6.90. The number of likely N-dealkylation sites (tertiary alicyclic amines) is 1. The van der Waals surface area contributed by atoms with Crippen molar-refractivity contribution >= 4 is 5.91 Å². The van der Waals surface area contributed by atoms with E-state index in [-0.39, 0.29) is 11.9 Å². The average Bonchev–Trinajstić information content (AvgIpc) is 3.06. The van der Waals surface area contributed by atoms with Crippen molar-refractivity contribution in [1.29, 1.82) is 0 Å². The van der Waals surface area contributed by atoms with E-state index in [2.05, 4.69) is 11.4 Å². The van der Waals surface area contributed by atoms with Gasteiger partial charge in [0.2, 0.25) is 5.91 Å². The molecule has 3 N–H and O–H groups in total. The second kappa shape index (κ2) is 8.06. The number of hydrogen-bond donors (Lipinski definition) is 2. The standard InChI is InChI=1S/C19H29N3O3/c1-24-17-10-13-6-7-16(14(13)11-18(17)25-2)21-12-15(20)19(23)22-8-4-3-5-9-22/h10-11,15-16,21H,3-9,12,20H2,1-2H3. The lowest BCUT2D eigenvalue weighted by molar-refractivity contribution is -0.133. The van der Waals surface area contributed by atoms with Crippen molar-refractivity contribution in [3.05, 3.63) is 23.3 Å². The van der Waals surface area contributed by atoms with Gasteiger partial charge in [0.25, 0.3) is 0 Å². The Labute approximate surface area is 149 Å². The zero-order valence-electron chi connectivity index (χ0n) is 15.2. The van der Waals surface area contributed by atoms with Gasteiger partial charge in [-0.2, -0.15) is 0 Å². The van der Waals surface area contributed by atoms with Crippen molar-refractivity contribution in [3.8, 4) is 11.5 Å². The number of nitrogens with zero attached hydrogens (tertiary/aromatic N) is 1. The van der Waals surface area contributed by atoms with Gasteiger partial charge in [0.15, 0.2) is 11.5 Å². The lowest BCUT2D eigenvalue weighted by Crippen LogP contribution is -2.50. The summed E-state index contributed by atoms with van der Waals surface area (Å²) < 4.78 is 10.8. The van der Waals surface area contributed by atoms with Gasteiger partial charge in [-0.1, -0.05) is 0 Å². The van der Waals surface area contributed by atoms with E-state index >= 15 is 0 Å². The Bertz CT molecular complexity index is 614.